The van der Waals surface area contributed by atoms with E-state index in [1.165, 1.54) is 20.3 Å². The topological polar surface area (TPSA) is 96.2 Å². The van der Waals surface area contributed by atoms with Gasteiger partial charge in [-0.1, -0.05) is 6.07 Å². The third-order valence-corrected chi connectivity index (χ3v) is 5.58. The van der Waals surface area contributed by atoms with Gasteiger partial charge in [-0.25, -0.2) is 9.50 Å². The number of ether oxygens (including phenoxy) is 4. The molecule has 12 heteroatoms. The van der Waals surface area contributed by atoms with E-state index in [1.807, 2.05) is 0 Å². The summed E-state index contributed by atoms with van der Waals surface area (Å²) in [7, 11) is 2.86. The molecule has 5 rings (SSSR count). The molecule has 2 aromatic heterocycles. The molecule has 1 aliphatic heterocycles. The van der Waals surface area contributed by atoms with Gasteiger partial charge in [0.25, 0.3) is 5.91 Å². The number of fused-ring (bicyclic) bond motifs is 2. The average Bonchev–Trinajstić information content (AvgIpc) is 3.52. The number of carbonyl (C=O) groups is 1. The second-order valence-corrected chi connectivity index (χ2v) is 7.76. The molecular formula is C24H19F3N4O5. The molecule has 3 heterocycles. The first-order valence-electron chi connectivity index (χ1n) is 10.6. The van der Waals surface area contributed by atoms with Gasteiger partial charge in [-0.05, 0) is 42.0 Å². The maximum absolute atomic E-state index is 13.9. The summed E-state index contributed by atoms with van der Waals surface area (Å²) in [6.45, 7) is 0.220. The number of alkyl halides is 3. The van der Waals surface area contributed by atoms with Crippen LogP contribution in [-0.4, -0.2) is 41.5 Å². The number of methoxy groups -OCH3 is 2. The van der Waals surface area contributed by atoms with Crippen LogP contribution in [0.15, 0.2) is 48.7 Å². The number of hydrogen-bond acceptors (Lipinski definition) is 7. The van der Waals surface area contributed by atoms with Gasteiger partial charge in [0, 0.05) is 12.1 Å². The van der Waals surface area contributed by atoms with E-state index in [2.05, 4.69) is 15.4 Å². The minimum atomic E-state index is -4.75. The first-order valence-corrected chi connectivity index (χ1v) is 10.6. The molecule has 2 aromatic carbocycles. The Morgan fingerprint density at radius 2 is 1.83 bits per heavy atom. The molecule has 0 saturated heterocycles. The highest BCUT2D eigenvalue weighted by Gasteiger charge is 2.36. The molecule has 4 aromatic rings. The van der Waals surface area contributed by atoms with Crippen molar-refractivity contribution in [2.45, 2.75) is 12.7 Å². The third-order valence-electron chi connectivity index (χ3n) is 5.58. The number of halogens is 3. The monoisotopic (exact) mass is 500 g/mol. The minimum Gasteiger partial charge on any atom is -0.493 e. The number of rotatable bonds is 6. The molecule has 0 atom stereocenters. The summed E-state index contributed by atoms with van der Waals surface area (Å²) in [6.07, 6.45) is -3.69. The van der Waals surface area contributed by atoms with E-state index in [0.717, 1.165) is 17.8 Å². The molecule has 1 N–H and O–H groups in total. The van der Waals surface area contributed by atoms with Crippen molar-refractivity contribution in [3.05, 3.63) is 65.5 Å². The lowest BCUT2D eigenvalue weighted by Gasteiger charge is -2.13. The SMILES string of the molecule is COc1ccc(-c2cc(C(F)(F)F)n3ncc(C(=O)NCc4ccc5c(c4)OCO5)c3n2)cc1OC. The third kappa shape index (κ3) is 4.21. The first kappa shape index (κ1) is 23.3. The van der Waals surface area contributed by atoms with Crippen molar-refractivity contribution >= 4 is 11.6 Å². The van der Waals surface area contributed by atoms with Crippen molar-refractivity contribution < 1.29 is 36.9 Å². The van der Waals surface area contributed by atoms with E-state index in [9.17, 15) is 18.0 Å². The van der Waals surface area contributed by atoms with Crippen molar-refractivity contribution in [3.63, 3.8) is 0 Å². The zero-order valence-corrected chi connectivity index (χ0v) is 19.0. The van der Waals surface area contributed by atoms with Gasteiger partial charge in [0.05, 0.1) is 26.1 Å². The lowest BCUT2D eigenvalue weighted by molar-refractivity contribution is -0.142. The minimum absolute atomic E-state index is 0.0129. The zero-order valence-electron chi connectivity index (χ0n) is 19.0. The normalized spacial score (nSPS) is 12.6. The van der Waals surface area contributed by atoms with Crippen molar-refractivity contribution in [1.29, 1.82) is 0 Å². The Bertz CT molecular complexity index is 1470. The number of nitrogens with zero attached hydrogens (tertiary/aromatic N) is 3. The van der Waals surface area contributed by atoms with Crippen LogP contribution < -0.4 is 24.3 Å². The summed E-state index contributed by atoms with van der Waals surface area (Å²) < 4.78 is 63.4. The number of aromatic nitrogens is 3. The Morgan fingerprint density at radius 3 is 2.58 bits per heavy atom. The molecular weight excluding hydrogens is 481 g/mol. The van der Waals surface area contributed by atoms with E-state index in [-0.39, 0.29) is 30.2 Å². The van der Waals surface area contributed by atoms with Gasteiger partial charge in [-0.2, -0.15) is 18.3 Å². The van der Waals surface area contributed by atoms with E-state index in [4.69, 9.17) is 18.9 Å². The molecule has 0 aliphatic carbocycles. The quantitative estimate of drug-likeness (QED) is 0.426. The average molecular weight is 500 g/mol. The maximum atomic E-state index is 13.9. The van der Waals surface area contributed by atoms with Crippen LogP contribution in [0, 0.1) is 0 Å². The Morgan fingerprint density at radius 1 is 1.06 bits per heavy atom. The standard InChI is InChI=1S/C24H19F3N4O5/c1-33-17-6-4-14(8-19(17)34-2)16-9-21(24(25,26)27)31-22(30-16)15(11-29-31)23(32)28-10-13-3-5-18-20(7-13)36-12-35-18/h3-9,11H,10,12H2,1-2H3,(H,28,32). The molecule has 0 bridgehead atoms. The van der Waals surface area contributed by atoms with E-state index in [0.29, 0.717) is 33.1 Å². The number of hydrogen-bond donors (Lipinski definition) is 1. The summed E-state index contributed by atoms with van der Waals surface area (Å²) in [5.41, 5.74) is -0.373. The molecule has 0 saturated carbocycles. The molecule has 9 nitrogen and oxygen atoms in total. The van der Waals surface area contributed by atoms with E-state index >= 15 is 0 Å². The number of carbonyl (C=O) groups excluding carboxylic acids is 1. The molecule has 0 fully saturated rings. The maximum Gasteiger partial charge on any atom is 0.433 e. The lowest BCUT2D eigenvalue weighted by atomic mass is 10.1. The van der Waals surface area contributed by atoms with Gasteiger partial charge in [-0.15, -0.1) is 0 Å². The van der Waals surface area contributed by atoms with Crippen LogP contribution in [0.3, 0.4) is 0 Å². The van der Waals surface area contributed by atoms with E-state index in [1.54, 1.807) is 30.3 Å². The van der Waals surface area contributed by atoms with Gasteiger partial charge in [0.15, 0.2) is 34.3 Å². The van der Waals surface area contributed by atoms with Crippen LogP contribution in [0.25, 0.3) is 16.9 Å². The van der Waals surface area contributed by atoms with E-state index < -0.39 is 17.8 Å². The lowest BCUT2D eigenvalue weighted by Crippen LogP contribution is -2.23. The van der Waals surface area contributed by atoms with Crippen LogP contribution >= 0.6 is 0 Å². The molecule has 0 unspecified atom stereocenters. The number of benzene rings is 2. The predicted molar refractivity (Wildman–Crippen MR) is 120 cm³/mol. The fourth-order valence-electron chi connectivity index (χ4n) is 3.80. The first-order chi connectivity index (χ1) is 17.3. The van der Waals surface area contributed by atoms with Crippen LogP contribution in [-0.2, 0) is 12.7 Å². The largest absolute Gasteiger partial charge is 0.493 e. The van der Waals surface area contributed by atoms with Crippen LogP contribution in [0.4, 0.5) is 13.2 Å². The van der Waals surface area contributed by atoms with Crippen molar-refractivity contribution in [3.8, 4) is 34.3 Å². The van der Waals surface area contributed by atoms with Crippen LogP contribution in [0.5, 0.6) is 23.0 Å². The van der Waals surface area contributed by atoms with Crippen LogP contribution in [0.2, 0.25) is 0 Å². The number of amides is 1. The zero-order chi connectivity index (χ0) is 25.4. The molecule has 186 valence electrons. The molecule has 0 radical (unpaired) electrons. The highest BCUT2D eigenvalue weighted by Crippen LogP contribution is 2.36. The van der Waals surface area contributed by atoms with Crippen LogP contribution in [0.1, 0.15) is 21.6 Å². The summed E-state index contributed by atoms with van der Waals surface area (Å²) in [6, 6.07) is 10.7. The Balaban J connectivity index is 1.51. The molecule has 0 spiro atoms. The van der Waals surface area contributed by atoms with Gasteiger partial charge >= 0.3 is 6.18 Å². The second-order valence-electron chi connectivity index (χ2n) is 7.76. The fraction of sp³-hybridized carbons (Fsp3) is 0.208. The van der Waals surface area contributed by atoms with Crippen molar-refractivity contribution in [2.75, 3.05) is 21.0 Å². The molecule has 1 amide bonds. The second kappa shape index (κ2) is 8.95. The Kier molecular flexibility index (Phi) is 5.78. The highest BCUT2D eigenvalue weighted by molar-refractivity contribution is 5.99. The summed E-state index contributed by atoms with van der Waals surface area (Å²) in [5.74, 6) is 1.24. The van der Waals surface area contributed by atoms with Gasteiger partial charge < -0.3 is 24.3 Å². The van der Waals surface area contributed by atoms with Gasteiger partial charge in [0.2, 0.25) is 6.79 Å². The molecule has 1 aliphatic rings. The van der Waals surface area contributed by atoms with Crippen molar-refractivity contribution in [1.82, 2.24) is 19.9 Å². The van der Waals surface area contributed by atoms with Gasteiger partial charge in [-0.3, -0.25) is 4.79 Å². The van der Waals surface area contributed by atoms with Gasteiger partial charge in [0.1, 0.15) is 5.56 Å². The predicted octanol–water partition coefficient (Wildman–Crippen LogP) is 4.09. The Labute approximate surface area is 202 Å². The molecule has 36 heavy (non-hydrogen) atoms. The Hall–Kier alpha value is -4.48. The summed E-state index contributed by atoms with van der Waals surface area (Å²) in [4.78, 5) is 17.3. The smallest absolute Gasteiger partial charge is 0.433 e. The fourth-order valence-corrected chi connectivity index (χ4v) is 3.80. The summed E-state index contributed by atoms with van der Waals surface area (Å²) >= 11 is 0. The number of nitrogens with one attached hydrogen (secondary N) is 1. The highest BCUT2D eigenvalue weighted by atomic mass is 19.4. The van der Waals surface area contributed by atoms with Crippen molar-refractivity contribution in [2.24, 2.45) is 0 Å². The summed E-state index contributed by atoms with van der Waals surface area (Å²) in [5, 5.41) is 6.49.